The summed E-state index contributed by atoms with van der Waals surface area (Å²) in [4.78, 5) is 9.22. The summed E-state index contributed by atoms with van der Waals surface area (Å²) in [5.74, 6) is -0.333. The summed E-state index contributed by atoms with van der Waals surface area (Å²) < 4.78 is 0. The summed E-state index contributed by atoms with van der Waals surface area (Å²) in [5, 5.41) is 3.10. The van der Waals surface area contributed by atoms with Crippen LogP contribution in [-0.2, 0) is 37.0 Å². The maximum atomic E-state index is 9.22. The number of carbonyl (C=O) groups excluding carboxylic acids is 1. The van der Waals surface area contributed by atoms with Crippen LogP contribution in [0.3, 0.4) is 0 Å². The molecular formula is C24H36N2O. The summed E-state index contributed by atoms with van der Waals surface area (Å²) >= 11 is 0. The van der Waals surface area contributed by atoms with E-state index < -0.39 is 0 Å². The van der Waals surface area contributed by atoms with Gasteiger partial charge in [-0.15, -0.1) is 0 Å². The quantitative estimate of drug-likeness (QED) is 0.824. The first-order valence-corrected chi connectivity index (χ1v) is 10.0. The van der Waals surface area contributed by atoms with E-state index in [4.69, 9.17) is 0 Å². The number of nitrogens with one attached hydrogen (secondary N) is 1. The first-order valence-electron chi connectivity index (χ1n) is 10.0. The Morgan fingerprint density at radius 1 is 1.00 bits per heavy atom. The van der Waals surface area contributed by atoms with Crippen LogP contribution in [-0.4, -0.2) is 13.0 Å². The Bertz CT molecular complexity index is 733. The lowest BCUT2D eigenvalue weighted by atomic mass is 9.95. The van der Waals surface area contributed by atoms with Crippen molar-refractivity contribution in [1.29, 1.82) is 0 Å². The molecule has 3 nitrogen and oxygen atoms in total. The standard InChI is InChI=1S/C13H16.C9H13N.C2H5NO.H2/c1-9-12-6-2-4-10(12)8-11-5-3-7-13(9)11;1-8-3-5-9(6-4-8)7-10-2;1-2(3)4;/h8H,2-7H2,1H3;3-6,10H,7H2,1-2H3;1H3,(H2,3,4);1H. The SMILES string of the molecule is CC(N)=O.CNCc1ccc(C)cc1.Cc1c2c(cc3c1CCC3)CCC2.[HH]. The van der Waals surface area contributed by atoms with Crippen molar-refractivity contribution >= 4 is 5.91 Å². The van der Waals surface area contributed by atoms with Gasteiger partial charge in [0.05, 0.1) is 0 Å². The number of nitrogens with two attached hydrogens (primary N) is 1. The maximum Gasteiger partial charge on any atom is 0.214 e. The van der Waals surface area contributed by atoms with E-state index in [9.17, 15) is 4.79 Å². The van der Waals surface area contributed by atoms with Crippen LogP contribution in [0, 0.1) is 13.8 Å². The summed E-state index contributed by atoms with van der Waals surface area (Å²) in [6.45, 7) is 6.71. The molecule has 4 rings (SSSR count). The Morgan fingerprint density at radius 3 is 1.93 bits per heavy atom. The van der Waals surface area contributed by atoms with E-state index >= 15 is 0 Å². The van der Waals surface area contributed by atoms with Crippen molar-refractivity contribution in [2.24, 2.45) is 5.73 Å². The van der Waals surface area contributed by atoms with Crippen molar-refractivity contribution in [3.05, 3.63) is 69.3 Å². The molecule has 2 aliphatic carbocycles. The highest BCUT2D eigenvalue weighted by Crippen LogP contribution is 2.34. The fourth-order valence-electron chi connectivity index (χ4n) is 4.01. The molecule has 2 aromatic carbocycles. The van der Waals surface area contributed by atoms with Gasteiger partial charge in [-0.2, -0.15) is 0 Å². The summed E-state index contributed by atoms with van der Waals surface area (Å²) in [6.07, 6.45) is 8.13. The molecule has 0 fully saturated rings. The Kier molecular flexibility index (Phi) is 8.05. The molecule has 0 saturated heterocycles. The highest BCUT2D eigenvalue weighted by molar-refractivity contribution is 5.70. The first kappa shape index (κ1) is 21.2. The number of amides is 1. The minimum Gasteiger partial charge on any atom is -0.370 e. The van der Waals surface area contributed by atoms with Crippen LogP contribution in [0.25, 0.3) is 0 Å². The molecule has 0 unspecified atom stereocenters. The van der Waals surface area contributed by atoms with Gasteiger partial charge in [-0.1, -0.05) is 35.9 Å². The molecule has 1 amide bonds. The number of hydrogen-bond acceptors (Lipinski definition) is 2. The second-order valence-corrected chi connectivity index (χ2v) is 7.61. The zero-order valence-corrected chi connectivity index (χ0v) is 17.3. The second-order valence-electron chi connectivity index (χ2n) is 7.61. The average molecular weight is 369 g/mol. The number of aryl methyl sites for hydroxylation is 3. The highest BCUT2D eigenvalue weighted by Gasteiger charge is 2.21. The van der Waals surface area contributed by atoms with Gasteiger partial charge in [0.25, 0.3) is 0 Å². The molecule has 3 heteroatoms. The van der Waals surface area contributed by atoms with Gasteiger partial charge in [0.2, 0.25) is 5.91 Å². The number of primary amides is 1. The molecule has 27 heavy (non-hydrogen) atoms. The second kappa shape index (κ2) is 10.3. The Hall–Kier alpha value is -2.13. The van der Waals surface area contributed by atoms with Gasteiger partial charge in [-0.3, -0.25) is 4.79 Å². The molecule has 148 valence electrons. The molecule has 2 aliphatic rings. The van der Waals surface area contributed by atoms with Gasteiger partial charge in [0.15, 0.2) is 0 Å². The van der Waals surface area contributed by atoms with E-state index in [2.05, 4.69) is 55.2 Å². The topological polar surface area (TPSA) is 55.1 Å². The van der Waals surface area contributed by atoms with E-state index in [-0.39, 0.29) is 7.33 Å². The number of carbonyl (C=O) groups is 1. The summed E-state index contributed by atoms with van der Waals surface area (Å²) in [7, 11) is 1.96. The minimum atomic E-state index is -0.333. The number of hydrogen-bond donors (Lipinski definition) is 2. The lowest BCUT2D eigenvalue weighted by Gasteiger charge is -2.10. The third-order valence-electron chi connectivity index (χ3n) is 5.28. The van der Waals surface area contributed by atoms with Gasteiger partial charge >= 0.3 is 0 Å². The predicted molar refractivity (Wildman–Crippen MR) is 116 cm³/mol. The number of rotatable bonds is 2. The molecule has 3 N–H and O–H groups in total. The lowest BCUT2D eigenvalue weighted by molar-refractivity contribution is -0.115. The molecule has 0 atom stereocenters. The first-order chi connectivity index (χ1) is 12.9. The molecule has 0 aromatic heterocycles. The van der Waals surface area contributed by atoms with E-state index in [1.807, 2.05) is 7.05 Å². The van der Waals surface area contributed by atoms with Crippen LogP contribution in [0.4, 0.5) is 0 Å². The van der Waals surface area contributed by atoms with Crippen LogP contribution in [0.1, 0.15) is 60.1 Å². The minimum absolute atomic E-state index is 0. The van der Waals surface area contributed by atoms with Crippen LogP contribution < -0.4 is 11.1 Å². The van der Waals surface area contributed by atoms with Crippen molar-refractivity contribution in [1.82, 2.24) is 5.32 Å². The smallest absolute Gasteiger partial charge is 0.214 e. The summed E-state index contributed by atoms with van der Waals surface area (Å²) in [5.41, 5.74) is 15.5. The molecular weight excluding hydrogens is 332 g/mol. The van der Waals surface area contributed by atoms with Crippen molar-refractivity contribution in [3.63, 3.8) is 0 Å². The van der Waals surface area contributed by atoms with Gasteiger partial charge in [-0.25, -0.2) is 0 Å². The van der Waals surface area contributed by atoms with Crippen molar-refractivity contribution in [2.75, 3.05) is 7.05 Å². The molecule has 2 aromatic rings. The molecule has 0 aliphatic heterocycles. The van der Waals surface area contributed by atoms with Gasteiger partial charge in [0.1, 0.15) is 0 Å². The third kappa shape index (κ3) is 6.21. The largest absolute Gasteiger partial charge is 0.370 e. The number of fused-ring (bicyclic) bond motifs is 2. The van der Waals surface area contributed by atoms with Crippen LogP contribution in [0.5, 0.6) is 0 Å². The van der Waals surface area contributed by atoms with Crippen molar-refractivity contribution in [2.45, 2.75) is 65.8 Å². The molecule has 0 radical (unpaired) electrons. The zero-order valence-electron chi connectivity index (χ0n) is 17.3. The average Bonchev–Trinajstić information content (AvgIpc) is 3.27. The predicted octanol–water partition coefficient (Wildman–Crippen LogP) is 4.42. The summed E-state index contributed by atoms with van der Waals surface area (Å²) in [6, 6.07) is 11.1. The van der Waals surface area contributed by atoms with Gasteiger partial charge in [-0.05, 0) is 92.8 Å². The fourth-order valence-corrected chi connectivity index (χ4v) is 4.01. The van der Waals surface area contributed by atoms with Crippen LogP contribution in [0.2, 0.25) is 0 Å². The zero-order chi connectivity index (χ0) is 19.8. The van der Waals surface area contributed by atoms with Crippen molar-refractivity contribution < 1.29 is 6.22 Å². The highest BCUT2D eigenvalue weighted by atomic mass is 16.1. The van der Waals surface area contributed by atoms with Crippen LogP contribution >= 0.6 is 0 Å². The van der Waals surface area contributed by atoms with E-state index in [0.717, 1.165) is 6.54 Å². The lowest BCUT2D eigenvalue weighted by Crippen LogP contribution is -2.04. The third-order valence-corrected chi connectivity index (χ3v) is 5.28. The molecule has 0 heterocycles. The fraction of sp³-hybridized carbons (Fsp3) is 0.458. The molecule has 0 bridgehead atoms. The van der Waals surface area contributed by atoms with E-state index in [1.54, 1.807) is 27.8 Å². The normalized spacial score (nSPS) is 13.6. The number of benzene rings is 2. The molecule has 0 saturated carbocycles. The maximum absolute atomic E-state index is 9.22. The monoisotopic (exact) mass is 368 g/mol. The Labute approximate surface area is 165 Å². The van der Waals surface area contributed by atoms with E-state index in [1.165, 1.54) is 56.6 Å². The van der Waals surface area contributed by atoms with Crippen LogP contribution in [0.15, 0.2) is 30.3 Å². The van der Waals surface area contributed by atoms with E-state index in [0.29, 0.717) is 0 Å². The van der Waals surface area contributed by atoms with Gasteiger partial charge < -0.3 is 11.1 Å². The van der Waals surface area contributed by atoms with Crippen molar-refractivity contribution in [3.8, 4) is 0 Å². The Balaban J connectivity index is 0.000000235. The molecule has 0 spiro atoms. The van der Waals surface area contributed by atoms with Gasteiger partial charge in [0, 0.05) is 14.9 Å². The Morgan fingerprint density at radius 2 is 1.48 bits per heavy atom.